The summed E-state index contributed by atoms with van der Waals surface area (Å²) in [4.78, 5) is 8.32. The molecule has 0 saturated carbocycles. The summed E-state index contributed by atoms with van der Waals surface area (Å²) in [5, 5.41) is 2.98. The van der Waals surface area contributed by atoms with Gasteiger partial charge in [0.15, 0.2) is 0 Å². The van der Waals surface area contributed by atoms with E-state index < -0.39 is 5.54 Å². The molecule has 0 aliphatic carbocycles. The van der Waals surface area contributed by atoms with Gasteiger partial charge < -0.3 is 5.32 Å². The lowest BCUT2D eigenvalue weighted by Gasteiger charge is -2.26. The predicted molar refractivity (Wildman–Crippen MR) is 73.1 cm³/mol. The number of aliphatic imine (C=N–C) groups is 1. The molecule has 1 unspecified atom stereocenters. The average Bonchev–Trinajstić information content (AvgIpc) is 2.40. The van der Waals surface area contributed by atoms with Crippen LogP contribution in [0.25, 0.3) is 0 Å². The lowest BCUT2D eigenvalue weighted by molar-refractivity contribution is 0.607. The molecule has 1 N–H and O–H groups in total. The second-order valence-electron chi connectivity index (χ2n) is 3.83. The number of pyridine rings is 1. The molecule has 1 rings (SSSR count). The number of nitrogens with zero attached hydrogens (tertiary/aromatic N) is 2. The molecule has 1 atom stereocenters. The summed E-state index contributed by atoms with van der Waals surface area (Å²) in [7, 11) is 1.87. The van der Waals surface area contributed by atoms with Crippen LogP contribution in [0.15, 0.2) is 53.4 Å². The SMILES string of the molecule is C=NC(C)(C(/C=C\NC)=C/C)c1ccncc1. The number of hydrogen-bond acceptors (Lipinski definition) is 3. The highest BCUT2D eigenvalue weighted by molar-refractivity contribution is 5.43. The van der Waals surface area contributed by atoms with Crippen molar-refractivity contribution in [2.45, 2.75) is 19.4 Å². The van der Waals surface area contributed by atoms with Crippen molar-refractivity contribution in [3.63, 3.8) is 0 Å². The van der Waals surface area contributed by atoms with Gasteiger partial charge in [0.05, 0.1) is 0 Å². The van der Waals surface area contributed by atoms with Crippen molar-refractivity contribution < 1.29 is 0 Å². The quantitative estimate of drug-likeness (QED) is 0.622. The Bertz CT molecular complexity index is 420. The number of nitrogens with one attached hydrogen (secondary N) is 1. The lowest BCUT2D eigenvalue weighted by atomic mass is 9.85. The van der Waals surface area contributed by atoms with Crippen LogP contribution in [0.3, 0.4) is 0 Å². The van der Waals surface area contributed by atoms with E-state index >= 15 is 0 Å². The molecule has 0 bridgehead atoms. The van der Waals surface area contributed by atoms with E-state index in [1.54, 1.807) is 12.4 Å². The molecule has 17 heavy (non-hydrogen) atoms. The summed E-state index contributed by atoms with van der Waals surface area (Å²) >= 11 is 0. The highest BCUT2D eigenvalue weighted by atomic mass is 14.8. The van der Waals surface area contributed by atoms with Crippen LogP contribution in [0.1, 0.15) is 19.4 Å². The fraction of sp³-hybridized carbons (Fsp3) is 0.286. The molecule has 0 radical (unpaired) electrons. The molecule has 1 aromatic heterocycles. The standard InChI is InChI=1S/C14H19N3/c1-5-12(6-9-15-3)14(2,16-4)13-7-10-17-11-8-13/h5-11,15H,4H2,1-3H3/b9-6-,12-5+. The minimum absolute atomic E-state index is 0.439. The summed E-state index contributed by atoms with van der Waals surface area (Å²) in [6.45, 7) is 7.77. The first-order valence-electron chi connectivity index (χ1n) is 5.58. The lowest BCUT2D eigenvalue weighted by Crippen LogP contribution is -2.21. The Morgan fingerprint density at radius 3 is 2.59 bits per heavy atom. The van der Waals surface area contributed by atoms with Crippen molar-refractivity contribution in [1.82, 2.24) is 10.3 Å². The summed E-state index contributed by atoms with van der Waals surface area (Å²) in [5.74, 6) is 0. The number of rotatable bonds is 5. The van der Waals surface area contributed by atoms with E-state index in [0.717, 1.165) is 11.1 Å². The molecule has 0 aliphatic heterocycles. The molecule has 0 aromatic carbocycles. The maximum Gasteiger partial charge on any atom is 0.107 e. The van der Waals surface area contributed by atoms with E-state index in [1.807, 2.05) is 51.4 Å². The summed E-state index contributed by atoms with van der Waals surface area (Å²) in [6.07, 6.45) is 9.49. The van der Waals surface area contributed by atoms with Crippen LogP contribution in [0.4, 0.5) is 0 Å². The monoisotopic (exact) mass is 229 g/mol. The van der Waals surface area contributed by atoms with E-state index in [9.17, 15) is 0 Å². The van der Waals surface area contributed by atoms with Crippen LogP contribution in [-0.2, 0) is 5.54 Å². The third-order valence-electron chi connectivity index (χ3n) is 2.86. The van der Waals surface area contributed by atoms with Crippen LogP contribution in [-0.4, -0.2) is 18.7 Å². The Labute approximate surface area is 103 Å². The fourth-order valence-corrected chi connectivity index (χ4v) is 1.74. The van der Waals surface area contributed by atoms with Gasteiger partial charge >= 0.3 is 0 Å². The van der Waals surface area contributed by atoms with Crippen molar-refractivity contribution in [3.8, 4) is 0 Å². The van der Waals surface area contributed by atoms with Crippen molar-refractivity contribution in [2.75, 3.05) is 7.05 Å². The molecule has 3 nitrogen and oxygen atoms in total. The van der Waals surface area contributed by atoms with Crippen LogP contribution in [0, 0.1) is 0 Å². The minimum atomic E-state index is -0.439. The largest absolute Gasteiger partial charge is 0.394 e. The third kappa shape index (κ3) is 2.81. The van der Waals surface area contributed by atoms with Crippen molar-refractivity contribution in [1.29, 1.82) is 0 Å². The van der Waals surface area contributed by atoms with Gasteiger partial charge in [-0.3, -0.25) is 9.98 Å². The Morgan fingerprint density at radius 1 is 1.47 bits per heavy atom. The van der Waals surface area contributed by atoms with Crippen molar-refractivity contribution in [3.05, 3.63) is 54.0 Å². The molecule has 0 spiro atoms. The van der Waals surface area contributed by atoms with Crippen LogP contribution >= 0.6 is 0 Å². The molecule has 0 fully saturated rings. The molecule has 90 valence electrons. The van der Waals surface area contributed by atoms with Gasteiger partial charge in [-0.2, -0.15) is 0 Å². The van der Waals surface area contributed by atoms with E-state index in [0.29, 0.717) is 0 Å². The third-order valence-corrected chi connectivity index (χ3v) is 2.86. The Kier molecular flexibility index (Phi) is 4.64. The van der Waals surface area contributed by atoms with Gasteiger partial charge in [-0.15, -0.1) is 0 Å². The molecule has 1 aromatic rings. The number of hydrogen-bond donors (Lipinski definition) is 1. The van der Waals surface area contributed by atoms with E-state index in [4.69, 9.17) is 0 Å². The minimum Gasteiger partial charge on any atom is -0.394 e. The average molecular weight is 229 g/mol. The van der Waals surface area contributed by atoms with Gasteiger partial charge in [-0.05, 0) is 56.1 Å². The highest BCUT2D eigenvalue weighted by Gasteiger charge is 2.27. The molecule has 0 saturated heterocycles. The predicted octanol–water partition coefficient (Wildman–Crippen LogP) is 2.68. The van der Waals surface area contributed by atoms with Gasteiger partial charge in [0.1, 0.15) is 5.54 Å². The molecular weight excluding hydrogens is 210 g/mol. The normalized spacial score (nSPS) is 15.6. The summed E-state index contributed by atoms with van der Waals surface area (Å²) < 4.78 is 0. The maximum absolute atomic E-state index is 4.29. The zero-order valence-electron chi connectivity index (χ0n) is 10.6. The smallest absolute Gasteiger partial charge is 0.107 e. The highest BCUT2D eigenvalue weighted by Crippen LogP contribution is 2.33. The maximum atomic E-state index is 4.29. The fourth-order valence-electron chi connectivity index (χ4n) is 1.74. The summed E-state index contributed by atoms with van der Waals surface area (Å²) in [5.41, 5.74) is 1.73. The first-order chi connectivity index (χ1) is 8.19. The van der Waals surface area contributed by atoms with E-state index in [2.05, 4.69) is 22.0 Å². The van der Waals surface area contributed by atoms with Gasteiger partial charge in [0.2, 0.25) is 0 Å². The summed E-state index contributed by atoms with van der Waals surface area (Å²) in [6, 6.07) is 3.93. The first-order valence-corrected chi connectivity index (χ1v) is 5.58. The van der Waals surface area contributed by atoms with Crippen LogP contribution < -0.4 is 5.32 Å². The number of allylic oxidation sites excluding steroid dienone is 1. The molecule has 0 aliphatic rings. The second kappa shape index (κ2) is 5.99. The van der Waals surface area contributed by atoms with Crippen LogP contribution in [0.2, 0.25) is 0 Å². The van der Waals surface area contributed by atoms with Gasteiger partial charge in [-0.25, -0.2) is 0 Å². The zero-order valence-corrected chi connectivity index (χ0v) is 10.6. The van der Waals surface area contributed by atoms with Gasteiger partial charge in [0.25, 0.3) is 0 Å². The molecule has 3 heteroatoms. The Balaban J connectivity index is 3.20. The topological polar surface area (TPSA) is 37.3 Å². The van der Waals surface area contributed by atoms with Crippen molar-refractivity contribution in [2.24, 2.45) is 4.99 Å². The second-order valence-corrected chi connectivity index (χ2v) is 3.83. The van der Waals surface area contributed by atoms with Crippen molar-refractivity contribution >= 4 is 6.72 Å². The van der Waals surface area contributed by atoms with E-state index in [-0.39, 0.29) is 0 Å². The zero-order chi connectivity index (χ0) is 12.7. The van der Waals surface area contributed by atoms with Gasteiger partial charge in [-0.1, -0.05) is 6.08 Å². The van der Waals surface area contributed by atoms with E-state index in [1.165, 1.54) is 0 Å². The number of aromatic nitrogens is 1. The Morgan fingerprint density at radius 2 is 2.12 bits per heavy atom. The van der Waals surface area contributed by atoms with Crippen LogP contribution in [0.5, 0.6) is 0 Å². The van der Waals surface area contributed by atoms with Gasteiger partial charge in [0, 0.05) is 19.4 Å². The Hall–Kier alpha value is -1.90. The molecular formula is C14H19N3. The first kappa shape index (κ1) is 13.2. The molecule has 0 amide bonds. The molecule has 1 heterocycles.